The van der Waals surface area contributed by atoms with Gasteiger partial charge in [-0.25, -0.2) is 13.4 Å². The molecule has 0 spiro atoms. The summed E-state index contributed by atoms with van der Waals surface area (Å²) in [5.41, 5.74) is 1.55. The second-order valence-corrected chi connectivity index (χ2v) is 9.22. The first-order valence-corrected chi connectivity index (χ1v) is 11.3. The van der Waals surface area contributed by atoms with Gasteiger partial charge in [-0.1, -0.05) is 54.6 Å². The van der Waals surface area contributed by atoms with E-state index in [2.05, 4.69) is 15.6 Å². The van der Waals surface area contributed by atoms with Crippen LogP contribution in [0.2, 0.25) is 0 Å². The smallest absolute Gasteiger partial charge is 0.191 e. The lowest BCUT2D eigenvalue weighted by Gasteiger charge is -2.25. The fourth-order valence-corrected chi connectivity index (χ4v) is 3.51. The lowest BCUT2D eigenvalue weighted by atomic mass is 9.96. The molecule has 0 saturated carbocycles. The number of aliphatic imine (C=N–C) groups is 1. The van der Waals surface area contributed by atoms with Crippen molar-refractivity contribution in [2.75, 3.05) is 19.3 Å². The summed E-state index contributed by atoms with van der Waals surface area (Å²) in [4.78, 5) is 4.55. The Morgan fingerprint density at radius 2 is 1.64 bits per heavy atom. The second-order valence-electron chi connectivity index (χ2n) is 7.08. The fourth-order valence-electron chi connectivity index (χ4n) is 2.71. The SMILES string of the molecule is CCNC(=NCc1ccc(CS(C)(=O)=O)cc1)NCC(C)(O)c1ccccc1. The number of nitrogens with zero attached hydrogens (tertiary/aromatic N) is 1. The molecule has 0 heterocycles. The summed E-state index contributed by atoms with van der Waals surface area (Å²) in [6, 6.07) is 16.9. The summed E-state index contributed by atoms with van der Waals surface area (Å²) < 4.78 is 22.7. The van der Waals surface area contributed by atoms with Gasteiger partial charge in [0.1, 0.15) is 5.60 Å². The van der Waals surface area contributed by atoms with E-state index >= 15 is 0 Å². The van der Waals surface area contributed by atoms with Crippen molar-refractivity contribution in [2.45, 2.75) is 31.7 Å². The molecule has 0 amide bonds. The van der Waals surface area contributed by atoms with Gasteiger partial charge in [-0.2, -0.15) is 0 Å². The molecule has 0 radical (unpaired) electrons. The van der Waals surface area contributed by atoms with Gasteiger partial charge in [0.15, 0.2) is 15.8 Å². The van der Waals surface area contributed by atoms with E-state index in [1.165, 1.54) is 6.26 Å². The highest BCUT2D eigenvalue weighted by Gasteiger charge is 2.22. The molecule has 0 aliphatic carbocycles. The lowest BCUT2D eigenvalue weighted by molar-refractivity contribution is 0.0617. The first kappa shape index (κ1) is 21.9. The van der Waals surface area contributed by atoms with Crippen LogP contribution < -0.4 is 10.6 Å². The van der Waals surface area contributed by atoms with Gasteiger partial charge in [0.2, 0.25) is 0 Å². The third kappa shape index (κ3) is 7.32. The molecule has 0 fully saturated rings. The third-order valence-electron chi connectivity index (χ3n) is 4.21. The molecule has 0 aliphatic rings. The number of hydrogen-bond acceptors (Lipinski definition) is 4. The highest BCUT2D eigenvalue weighted by atomic mass is 32.2. The number of rotatable bonds is 8. The predicted molar refractivity (Wildman–Crippen MR) is 114 cm³/mol. The van der Waals surface area contributed by atoms with Crippen molar-refractivity contribution in [3.05, 3.63) is 71.3 Å². The third-order valence-corrected chi connectivity index (χ3v) is 5.07. The molecular weight excluding hydrogens is 374 g/mol. The van der Waals surface area contributed by atoms with E-state index < -0.39 is 15.4 Å². The average molecular weight is 404 g/mol. The molecule has 0 saturated heterocycles. The summed E-state index contributed by atoms with van der Waals surface area (Å²) in [6.45, 7) is 5.21. The van der Waals surface area contributed by atoms with Crippen LogP contribution in [0.25, 0.3) is 0 Å². The number of hydrogen-bond donors (Lipinski definition) is 3. The number of aliphatic hydroxyl groups is 1. The summed E-state index contributed by atoms with van der Waals surface area (Å²) in [5, 5.41) is 17.1. The highest BCUT2D eigenvalue weighted by Crippen LogP contribution is 2.18. The van der Waals surface area contributed by atoms with Crippen molar-refractivity contribution < 1.29 is 13.5 Å². The van der Waals surface area contributed by atoms with Crippen molar-refractivity contribution in [1.29, 1.82) is 0 Å². The van der Waals surface area contributed by atoms with E-state index in [4.69, 9.17) is 0 Å². The zero-order valence-electron chi connectivity index (χ0n) is 16.6. The molecule has 1 unspecified atom stereocenters. The van der Waals surface area contributed by atoms with Gasteiger partial charge in [-0.15, -0.1) is 0 Å². The van der Waals surface area contributed by atoms with E-state index in [0.717, 1.165) is 16.7 Å². The van der Waals surface area contributed by atoms with Gasteiger partial charge >= 0.3 is 0 Å². The van der Waals surface area contributed by atoms with Crippen LogP contribution in [-0.2, 0) is 27.7 Å². The van der Waals surface area contributed by atoms with Crippen molar-refractivity contribution in [3.8, 4) is 0 Å². The molecule has 0 bridgehead atoms. The molecule has 3 N–H and O–H groups in total. The van der Waals surface area contributed by atoms with Crippen LogP contribution in [0.15, 0.2) is 59.6 Å². The van der Waals surface area contributed by atoms with Crippen molar-refractivity contribution >= 4 is 15.8 Å². The first-order chi connectivity index (χ1) is 13.2. The Balaban J connectivity index is 2.00. The normalized spacial score (nSPS) is 14.4. The quantitative estimate of drug-likeness (QED) is 0.464. The van der Waals surface area contributed by atoms with E-state index in [1.807, 2.05) is 61.5 Å². The molecule has 2 aromatic carbocycles. The maximum Gasteiger partial charge on any atom is 0.191 e. The second kappa shape index (κ2) is 9.71. The molecule has 0 aliphatic heterocycles. The Morgan fingerprint density at radius 1 is 1.04 bits per heavy atom. The molecule has 7 heteroatoms. The predicted octanol–water partition coefficient (Wildman–Crippen LogP) is 2.19. The van der Waals surface area contributed by atoms with E-state index in [0.29, 0.717) is 25.6 Å². The maximum absolute atomic E-state index is 11.4. The standard InChI is InChI=1S/C21H29N3O3S/c1-4-22-20(24-16-21(2,25)19-8-6-5-7-9-19)23-14-17-10-12-18(13-11-17)15-28(3,26)27/h5-13,25H,4,14-16H2,1-3H3,(H2,22,23,24). The molecular formula is C21H29N3O3S. The number of nitrogens with one attached hydrogen (secondary N) is 2. The zero-order chi connectivity index (χ0) is 20.6. The Hall–Kier alpha value is -2.38. The van der Waals surface area contributed by atoms with Gasteiger partial charge in [0.25, 0.3) is 0 Å². The van der Waals surface area contributed by atoms with Crippen LogP contribution >= 0.6 is 0 Å². The molecule has 6 nitrogen and oxygen atoms in total. The number of benzene rings is 2. The van der Waals surface area contributed by atoms with Gasteiger partial charge in [-0.3, -0.25) is 0 Å². The number of guanidine groups is 1. The lowest BCUT2D eigenvalue weighted by Crippen LogP contribution is -2.44. The summed E-state index contributed by atoms with van der Waals surface area (Å²) in [5.74, 6) is 0.647. The van der Waals surface area contributed by atoms with Gasteiger partial charge < -0.3 is 15.7 Å². The Morgan fingerprint density at radius 3 is 2.21 bits per heavy atom. The molecule has 152 valence electrons. The minimum Gasteiger partial charge on any atom is -0.384 e. The molecule has 0 aromatic heterocycles. The van der Waals surface area contributed by atoms with Crippen LogP contribution in [0.5, 0.6) is 0 Å². The Bertz CT molecular complexity index is 877. The Kier molecular flexibility index (Phi) is 7.60. The zero-order valence-corrected chi connectivity index (χ0v) is 17.5. The van der Waals surface area contributed by atoms with Crippen LogP contribution in [0.4, 0.5) is 0 Å². The fraction of sp³-hybridized carbons (Fsp3) is 0.381. The average Bonchev–Trinajstić information content (AvgIpc) is 2.65. The first-order valence-electron chi connectivity index (χ1n) is 9.25. The van der Waals surface area contributed by atoms with Crippen LogP contribution in [0.1, 0.15) is 30.5 Å². The minimum atomic E-state index is -3.04. The summed E-state index contributed by atoms with van der Waals surface area (Å²) in [6.07, 6.45) is 1.23. The molecule has 2 rings (SSSR count). The van der Waals surface area contributed by atoms with Gasteiger partial charge in [0, 0.05) is 12.8 Å². The van der Waals surface area contributed by atoms with Crippen molar-refractivity contribution in [1.82, 2.24) is 10.6 Å². The van der Waals surface area contributed by atoms with E-state index in [9.17, 15) is 13.5 Å². The largest absolute Gasteiger partial charge is 0.384 e. The molecule has 28 heavy (non-hydrogen) atoms. The van der Waals surface area contributed by atoms with E-state index in [1.54, 1.807) is 6.92 Å². The minimum absolute atomic E-state index is 0.0370. The summed E-state index contributed by atoms with van der Waals surface area (Å²) >= 11 is 0. The topological polar surface area (TPSA) is 90.8 Å². The van der Waals surface area contributed by atoms with Gasteiger partial charge in [-0.05, 0) is 30.5 Å². The summed E-state index contributed by atoms with van der Waals surface area (Å²) in [7, 11) is -3.04. The monoisotopic (exact) mass is 403 g/mol. The van der Waals surface area contributed by atoms with Crippen LogP contribution in [0, 0.1) is 0 Å². The Labute approximate surface area is 167 Å². The van der Waals surface area contributed by atoms with Crippen molar-refractivity contribution in [2.24, 2.45) is 4.99 Å². The van der Waals surface area contributed by atoms with Crippen molar-refractivity contribution in [3.63, 3.8) is 0 Å². The van der Waals surface area contributed by atoms with E-state index in [-0.39, 0.29) is 5.75 Å². The number of sulfone groups is 1. The van der Waals surface area contributed by atoms with Crippen LogP contribution in [-0.4, -0.2) is 38.8 Å². The molecule has 2 aromatic rings. The molecule has 1 atom stereocenters. The van der Waals surface area contributed by atoms with Gasteiger partial charge in [0.05, 0.1) is 18.8 Å². The van der Waals surface area contributed by atoms with Crippen LogP contribution in [0.3, 0.4) is 0 Å². The maximum atomic E-state index is 11.4. The highest BCUT2D eigenvalue weighted by molar-refractivity contribution is 7.89.